The van der Waals surface area contributed by atoms with E-state index in [0.717, 1.165) is 4.88 Å². The number of hydrogen-bond acceptors (Lipinski definition) is 7. The van der Waals surface area contributed by atoms with Crippen LogP contribution in [-0.2, 0) is 0 Å². The SMILES string of the molecule is CC(=O)c1ccc(-c2nccnc2NCC(O)COc2ccccc2)s1. The van der Waals surface area contributed by atoms with E-state index in [9.17, 15) is 9.90 Å². The number of aliphatic hydroxyl groups excluding tert-OH is 1. The number of nitrogens with one attached hydrogen (secondary N) is 1. The minimum atomic E-state index is -0.707. The topological polar surface area (TPSA) is 84.3 Å². The molecule has 1 atom stereocenters. The number of para-hydroxylation sites is 1. The van der Waals surface area contributed by atoms with Crippen LogP contribution in [0.15, 0.2) is 54.9 Å². The Morgan fingerprint density at radius 3 is 2.69 bits per heavy atom. The standard InChI is InChI=1S/C19H19N3O3S/c1-13(23)16-7-8-17(26-16)18-19(21-10-9-20-18)22-11-14(24)12-25-15-5-3-2-4-6-15/h2-10,14,24H,11-12H2,1H3,(H,21,22). The van der Waals surface area contributed by atoms with Crippen LogP contribution in [0.5, 0.6) is 5.75 Å². The van der Waals surface area contributed by atoms with Gasteiger partial charge in [-0.1, -0.05) is 18.2 Å². The van der Waals surface area contributed by atoms with E-state index in [2.05, 4.69) is 15.3 Å². The fourth-order valence-corrected chi connectivity index (χ4v) is 3.18. The Kier molecular flexibility index (Phi) is 5.93. The van der Waals surface area contributed by atoms with E-state index in [-0.39, 0.29) is 18.9 Å². The Balaban J connectivity index is 1.62. The van der Waals surface area contributed by atoms with E-state index in [1.807, 2.05) is 36.4 Å². The van der Waals surface area contributed by atoms with Crippen molar-refractivity contribution in [1.82, 2.24) is 9.97 Å². The number of aliphatic hydroxyl groups is 1. The molecule has 26 heavy (non-hydrogen) atoms. The lowest BCUT2D eigenvalue weighted by Gasteiger charge is -2.14. The predicted octanol–water partition coefficient (Wildman–Crippen LogP) is 3.26. The quantitative estimate of drug-likeness (QED) is 0.593. The van der Waals surface area contributed by atoms with Gasteiger partial charge in [0, 0.05) is 18.9 Å². The third-order valence-electron chi connectivity index (χ3n) is 3.58. The van der Waals surface area contributed by atoms with Crippen LogP contribution >= 0.6 is 11.3 Å². The maximum absolute atomic E-state index is 11.5. The van der Waals surface area contributed by atoms with E-state index in [0.29, 0.717) is 22.1 Å². The third-order valence-corrected chi connectivity index (χ3v) is 4.77. The summed E-state index contributed by atoms with van der Waals surface area (Å²) in [4.78, 5) is 21.7. The Morgan fingerprint density at radius 2 is 1.96 bits per heavy atom. The first-order valence-electron chi connectivity index (χ1n) is 8.15. The highest BCUT2D eigenvalue weighted by atomic mass is 32.1. The van der Waals surface area contributed by atoms with Gasteiger partial charge in [0.25, 0.3) is 0 Å². The van der Waals surface area contributed by atoms with Gasteiger partial charge < -0.3 is 15.2 Å². The van der Waals surface area contributed by atoms with Crippen LogP contribution in [0.25, 0.3) is 10.6 Å². The molecule has 2 heterocycles. The fourth-order valence-electron chi connectivity index (χ4n) is 2.28. The minimum absolute atomic E-state index is 0.0214. The Bertz CT molecular complexity index is 867. The van der Waals surface area contributed by atoms with E-state index in [4.69, 9.17) is 4.74 Å². The summed E-state index contributed by atoms with van der Waals surface area (Å²) in [5.74, 6) is 1.29. The normalized spacial score (nSPS) is 11.8. The molecule has 0 spiro atoms. The van der Waals surface area contributed by atoms with Crippen molar-refractivity contribution in [3.8, 4) is 16.3 Å². The van der Waals surface area contributed by atoms with Gasteiger partial charge in [0.2, 0.25) is 0 Å². The van der Waals surface area contributed by atoms with Crippen molar-refractivity contribution >= 4 is 22.9 Å². The number of carbonyl (C=O) groups is 1. The number of nitrogens with zero attached hydrogens (tertiary/aromatic N) is 2. The first-order chi connectivity index (χ1) is 12.6. The lowest BCUT2D eigenvalue weighted by molar-refractivity contribution is 0.102. The van der Waals surface area contributed by atoms with E-state index >= 15 is 0 Å². The maximum Gasteiger partial charge on any atom is 0.169 e. The first-order valence-corrected chi connectivity index (χ1v) is 8.97. The van der Waals surface area contributed by atoms with Gasteiger partial charge in [-0.05, 0) is 31.2 Å². The van der Waals surface area contributed by atoms with Crippen LogP contribution in [0, 0.1) is 0 Å². The molecule has 0 bridgehead atoms. The molecule has 6 nitrogen and oxygen atoms in total. The number of ketones is 1. The van der Waals surface area contributed by atoms with Crippen LogP contribution in [0.1, 0.15) is 16.6 Å². The molecule has 0 fully saturated rings. The van der Waals surface area contributed by atoms with Gasteiger partial charge in [0.15, 0.2) is 11.6 Å². The summed E-state index contributed by atoms with van der Waals surface area (Å²) in [7, 11) is 0. The molecule has 0 saturated heterocycles. The zero-order valence-electron chi connectivity index (χ0n) is 14.3. The van der Waals surface area contributed by atoms with E-state index < -0.39 is 6.10 Å². The van der Waals surface area contributed by atoms with Gasteiger partial charge in [-0.2, -0.15) is 0 Å². The minimum Gasteiger partial charge on any atom is -0.491 e. The molecule has 3 rings (SSSR count). The van der Waals surface area contributed by atoms with Crippen molar-refractivity contribution in [1.29, 1.82) is 0 Å². The second-order valence-electron chi connectivity index (χ2n) is 5.63. The van der Waals surface area contributed by atoms with Gasteiger partial charge in [-0.25, -0.2) is 9.97 Å². The largest absolute Gasteiger partial charge is 0.491 e. The molecule has 7 heteroatoms. The predicted molar refractivity (Wildman–Crippen MR) is 102 cm³/mol. The zero-order chi connectivity index (χ0) is 18.4. The maximum atomic E-state index is 11.5. The second-order valence-corrected chi connectivity index (χ2v) is 6.72. The van der Waals surface area contributed by atoms with Gasteiger partial charge in [0.05, 0.1) is 9.75 Å². The molecule has 3 aromatic rings. The van der Waals surface area contributed by atoms with Crippen molar-refractivity contribution in [3.63, 3.8) is 0 Å². The highest BCUT2D eigenvalue weighted by molar-refractivity contribution is 7.17. The third kappa shape index (κ3) is 4.65. The number of Topliss-reactive ketones (excluding diaryl/α,β-unsaturated/α-hetero) is 1. The van der Waals surface area contributed by atoms with E-state index in [1.54, 1.807) is 18.5 Å². The number of rotatable bonds is 8. The van der Waals surface area contributed by atoms with Crippen molar-refractivity contribution in [3.05, 3.63) is 59.7 Å². The van der Waals surface area contributed by atoms with Gasteiger partial charge in [0.1, 0.15) is 24.2 Å². The molecule has 134 valence electrons. The highest BCUT2D eigenvalue weighted by Gasteiger charge is 2.13. The van der Waals surface area contributed by atoms with Crippen LogP contribution in [0.4, 0.5) is 5.82 Å². The molecular weight excluding hydrogens is 350 g/mol. The Labute approximate surface area is 155 Å². The second kappa shape index (κ2) is 8.55. The van der Waals surface area contributed by atoms with Crippen molar-refractivity contribution in [2.24, 2.45) is 0 Å². The molecule has 0 radical (unpaired) electrons. The number of thiophene rings is 1. The van der Waals surface area contributed by atoms with Gasteiger partial charge >= 0.3 is 0 Å². The number of ether oxygens (including phenoxy) is 1. The summed E-state index contributed by atoms with van der Waals surface area (Å²) in [6, 6.07) is 13.0. The molecule has 1 unspecified atom stereocenters. The van der Waals surface area contributed by atoms with Gasteiger partial charge in [-0.15, -0.1) is 11.3 Å². The number of carbonyl (C=O) groups excluding carboxylic acids is 1. The highest BCUT2D eigenvalue weighted by Crippen LogP contribution is 2.30. The average Bonchev–Trinajstić information content (AvgIpc) is 3.16. The van der Waals surface area contributed by atoms with Crippen LogP contribution in [0.2, 0.25) is 0 Å². The molecule has 1 aromatic carbocycles. The summed E-state index contributed by atoms with van der Waals surface area (Å²) < 4.78 is 5.54. The number of hydrogen-bond donors (Lipinski definition) is 2. The van der Waals surface area contributed by atoms with Crippen LogP contribution < -0.4 is 10.1 Å². The summed E-state index contributed by atoms with van der Waals surface area (Å²) in [5, 5.41) is 13.2. The molecule has 0 saturated carbocycles. The zero-order valence-corrected chi connectivity index (χ0v) is 15.1. The van der Waals surface area contributed by atoms with Crippen molar-refractivity contribution in [2.45, 2.75) is 13.0 Å². The number of benzene rings is 1. The molecule has 0 aliphatic rings. The lowest BCUT2D eigenvalue weighted by atomic mass is 10.3. The molecule has 2 aromatic heterocycles. The summed E-state index contributed by atoms with van der Waals surface area (Å²) >= 11 is 1.37. The number of anilines is 1. The molecule has 2 N–H and O–H groups in total. The summed E-state index contributed by atoms with van der Waals surface area (Å²) in [6.07, 6.45) is 2.47. The molecule has 0 amide bonds. The van der Waals surface area contributed by atoms with E-state index in [1.165, 1.54) is 18.3 Å². The first kappa shape index (κ1) is 18.0. The monoisotopic (exact) mass is 369 g/mol. The summed E-state index contributed by atoms with van der Waals surface area (Å²) in [6.45, 7) is 1.97. The number of aromatic nitrogens is 2. The van der Waals surface area contributed by atoms with Crippen molar-refractivity contribution in [2.75, 3.05) is 18.5 Å². The lowest BCUT2D eigenvalue weighted by Crippen LogP contribution is -2.26. The average molecular weight is 369 g/mol. The molecule has 0 aliphatic heterocycles. The Morgan fingerprint density at radius 1 is 1.19 bits per heavy atom. The Hall–Kier alpha value is -2.77. The molecule has 0 aliphatic carbocycles. The van der Waals surface area contributed by atoms with Crippen LogP contribution in [0.3, 0.4) is 0 Å². The van der Waals surface area contributed by atoms with Gasteiger partial charge in [-0.3, -0.25) is 4.79 Å². The van der Waals surface area contributed by atoms with Crippen molar-refractivity contribution < 1.29 is 14.6 Å². The summed E-state index contributed by atoms with van der Waals surface area (Å²) in [5.41, 5.74) is 0.654. The smallest absolute Gasteiger partial charge is 0.169 e. The van der Waals surface area contributed by atoms with Crippen LogP contribution in [-0.4, -0.2) is 40.1 Å². The molecular formula is C19H19N3O3S. The fraction of sp³-hybridized carbons (Fsp3) is 0.211.